The Morgan fingerprint density at radius 1 is 0.449 bits per heavy atom. The lowest BCUT2D eigenvalue weighted by Gasteiger charge is -2.10. The lowest BCUT2D eigenvalue weighted by molar-refractivity contribution is 0.651. The van der Waals surface area contributed by atoms with Gasteiger partial charge in [0, 0.05) is 43.3 Å². The number of nitrogens with zero attached hydrogens (tertiary/aromatic N) is 4. The van der Waals surface area contributed by atoms with Gasteiger partial charge < -0.3 is 8.82 Å². The highest BCUT2D eigenvalue weighted by Gasteiger charge is 2.26. The molecule has 0 N–H and O–H groups in total. The molecule has 0 saturated carbocycles. The number of aromatic nitrogens is 4. The molecule has 5 heteroatoms. The molecule has 5 heterocycles. The van der Waals surface area contributed by atoms with Crippen LogP contribution < -0.4 is 0 Å². The molecular weight excluding hydrogens is 601 g/mol. The summed E-state index contributed by atoms with van der Waals surface area (Å²) in [6.07, 6.45) is 0. The standard InChI is InChI=1S/C44H24N4O/c1-2-12-26-23-27(22-21-25(26)11-1)41-40-31-16-6-10-20-37(31)49-43(40)46-44(45-41)48-35-19-9-4-14-29(35)38-36(48)24-32-28-13-3-7-17-33(28)47-34-18-8-5-15-30(34)39(38)42(32)47/h1-24H. The molecule has 5 aromatic heterocycles. The van der Waals surface area contributed by atoms with E-state index in [2.05, 4.69) is 136 Å². The van der Waals surface area contributed by atoms with E-state index in [1.807, 2.05) is 18.2 Å². The van der Waals surface area contributed by atoms with E-state index in [-0.39, 0.29) is 0 Å². The molecule has 0 bridgehead atoms. The maximum atomic E-state index is 6.51. The zero-order chi connectivity index (χ0) is 31.8. The number of benzene rings is 7. The highest BCUT2D eigenvalue weighted by Crippen LogP contribution is 2.47. The third-order valence-corrected chi connectivity index (χ3v) is 10.5. The first-order valence-electron chi connectivity index (χ1n) is 16.6. The number of para-hydroxylation sites is 4. The summed E-state index contributed by atoms with van der Waals surface area (Å²) in [7, 11) is 0. The molecule has 0 aliphatic heterocycles. The Morgan fingerprint density at radius 2 is 1.10 bits per heavy atom. The Kier molecular flexibility index (Phi) is 4.66. The van der Waals surface area contributed by atoms with Crippen molar-refractivity contribution in [3.8, 4) is 17.2 Å². The summed E-state index contributed by atoms with van der Waals surface area (Å²) < 4.78 is 11.2. The molecular formula is C44H24N4O. The van der Waals surface area contributed by atoms with Crippen LogP contribution in [0.3, 0.4) is 0 Å². The number of hydrogen-bond donors (Lipinski definition) is 0. The molecule has 0 saturated heterocycles. The van der Waals surface area contributed by atoms with Gasteiger partial charge in [-0.15, -0.1) is 0 Å². The lowest BCUT2D eigenvalue weighted by atomic mass is 10.0. The predicted octanol–water partition coefficient (Wildman–Crippen LogP) is 11.4. The minimum atomic E-state index is 0.577. The first-order valence-corrected chi connectivity index (χ1v) is 16.6. The van der Waals surface area contributed by atoms with Crippen LogP contribution in [0.5, 0.6) is 0 Å². The Labute approximate surface area is 278 Å². The topological polar surface area (TPSA) is 48.3 Å². The first-order chi connectivity index (χ1) is 24.3. The summed E-state index contributed by atoms with van der Waals surface area (Å²) in [6, 6.07) is 51.7. The summed E-state index contributed by atoms with van der Waals surface area (Å²) in [5, 5.41) is 11.6. The smallest absolute Gasteiger partial charge is 0.238 e. The molecule has 0 aliphatic rings. The van der Waals surface area contributed by atoms with Gasteiger partial charge >= 0.3 is 0 Å². The van der Waals surface area contributed by atoms with Gasteiger partial charge in [0.25, 0.3) is 0 Å². The largest absolute Gasteiger partial charge is 0.437 e. The second kappa shape index (κ2) is 9.00. The van der Waals surface area contributed by atoms with E-state index in [0.717, 1.165) is 38.6 Å². The van der Waals surface area contributed by atoms with E-state index in [0.29, 0.717) is 11.7 Å². The van der Waals surface area contributed by atoms with Crippen molar-refractivity contribution in [1.29, 1.82) is 0 Å². The van der Waals surface area contributed by atoms with Crippen LogP contribution in [0.15, 0.2) is 150 Å². The Morgan fingerprint density at radius 3 is 1.94 bits per heavy atom. The molecule has 0 fully saturated rings. The molecule has 7 aromatic carbocycles. The summed E-state index contributed by atoms with van der Waals surface area (Å²) in [4.78, 5) is 10.7. The third-order valence-electron chi connectivity index (χ3n) is 10.5. The number of hydrogen-bond acceptors (Lipinski definition) is 3. The zero-order valence-electron chi connectivity index (χ0n) is 26.1. The Balaban J connectivity index is 1.28. The van der Waals surface area contributed by atoms with Gasteiger partial charge in [-0.2, -0.15) is 4.98 Å². The van der Waals surface area contributed by atoms with Crippen molar-refractivity contribution in [3.05, 3.63) is 146 Å². The second-order valence-corrected chi connectivity index (χ2v) is 13.0. The van der Waals surface area contributed by atoms with E-state index in [9.17, 15) is 0 Å². The van der Waals surface area contributed by atoms with Crippen molar-refractivity contribution in [2.24, 2.45) is 0 Å². The number of furan rings is 1. The molecule has 5 nitrogen and oxygen atoms in total. The predicted molar refractivity (Wildman–Crippen MR) is 201 cm³/mol. The van der Waals surface area contributed by atoms with Crippen LogP contribution in [0.25, 0.3) is 110 Å². The normalized spacial score (nSPS) is 12.5. The van der Waals surface area contributed by atoms with Crippen LogP contribution in [0.1, 0.15) is 0 Å². The summed E-state index contributed by atoms with van der Waals surface area (Å²) in [5.74, 6) is 0.586. The van der Waals surface area contributed by atoms with Crippen molar-refractivity contribution >= 4 is 92.7 Å². The highest BCUT2D eigenvalue weighted by molar-refractivity contribution is 6.35. The molecule has 12 aromatic rings. The Bertz CT molecular complexity index is 3340. The van der Waals surface area contributed by atoms with Crippen LogP contribution >= 0.6 is 0 Å². The minimum absolute atomic E-state index is 0.577. The molecule has 0 spiro atoms. The van der Waals surface area contributed by atoms with Crippen LogP contribution in [-0.2, 0) is 0 Å². The average molecular weight is 625 g/mol. The van der Waals surface area contributed by atoms with Gasteiger partial charge in [0.2, 0.25) is 11.7 Å². The monoisotopic (exact) mass is 624 g/mol. The SMILES string of the molecule is c1ccc2cc(-c3nc(-n4c5ccccc5c5c6c7ccccc7n7c8ccccc8c(cc54)c67)nc4oc5ccccc5c34)ccc2c1. The van der Waals surface area contributed by atoms with Crippen molar-refractivity contribution in [3.63, 3.8) is 0 Å². The van der Waals surface area contributed by atoms with Crippen molar-refractivity contribution < 1.29 is 4.42 Å². The van der Waals surface area contributed by atoms with Crippen molar-refractivity contribution in [1.82, 2.24) is 18.9 Å². The maximum Gasteiger partial charge on any atom is 0.238 e. The van der Waals surface area contributed by atoms with E-state index in [1.54, 1.807) is 0 Å². The molecule has 0 amide bonds. The van der Waals surface area contributed by atoms with Gasteiger partial charge in [-0.3, -0.25) is 4.57 Å². The quantitative estimate of drug-likeness (QED) is 0.192. The molecule has 0 unspecified atom stereocenters. The summed E-state index contributed by atoms with van der Waals surface area (Å²) in [6.45, 7) is 0. The highest BCUT2D eigenvalue weighted by atomic mass is 16.3. The molecule has 0 aliphatic carbocycles. The summed E-state index contributed by atoms with van der Waals surface area (Å²) >= 11 is 0. The van der Waals surface area contributed by atoms with Gasteiger partial charge in [0.05, 0.1) is 38.7 Å². The van der Waals surface area contributed by atoms with E-state index < -0.39 is 0 Å². The average Bonchev–Trinajstić information content (AvgIpc) is 3.89. The van der Waals surface area contributed by atoms with E-state index in [4.69, 9.17) is 14.4 Å². The second-order valence-electron chi connectivity index (χ2n) is 13.0. The van der Waals surface area contributed by atoms with Gasteiger partial charge in [-0.1, -0.05) is 109 Å². The van der Waals surface area contributed by atoms with Crippen molar-refractivity contribution in [2.75, 3.05) is 0 Å². The van der Waals surface area contributed by atoms with E-state index >= 15 is 0 Å². The minimum Gasteiger partial charge on any atom is -0.437 e. The Hall–Kier alpha value is -6.72. The van der Waals surface area contributed by atoms with Gasteiger partial charge in [0.15, 0.2) is 0 Å². The number of rotatable bonds is 2. The molecule has 0 atom stereocenters. The van der Waals surface area contributed by atoms with Gasteiger partial charge in [-0.05, 0) is 47.2 Å². The lowest BCUT2D eigenvalue weighted by Crippen LogP contribution is -2.02. The van der Waals surface area contributed by atoms with Crippen molar-refractivity contribution in [2.45, 2.75) is 0 Å². The van der Waals surface area contributed by atoms with Crippen LogP contribution in [0.2, 0.25) is 0 Å². The van der Waals surface area contributed by atoms with Gasteiger partial charge in [-0.25, -0.2) is 4.98 Å². The number of fused-ring (bicyclic) bond motifs is 14. The third kappa shape index (κ3) is 3.19. The van der Waals surface area contributed by atoms with Crippen LogP contribution in [0.4, 0.5) is 0 Å². The first kappa shape index (κ1) is 25.4. The van der Waals surface area contributed by atoms with Crippen LogP contribution in [-0.4, -0.2) is 18.9 Å². The van der Waals surface area contributed by atoms with E-state index in [1.165, 1.54) is 59.6 Å². The van der Waals surface area contributed by atoms with Crippen LogP contribution in [0, 0.1) is 0 Å². The maximum absolute atomic E-state index is 6.51. The molecule has 226 valence electrons. The summed E-state index contributed by atoms with van der Waals surface area (Å²) in [5.41, 5.74) is 9.07. The fourth-order valence-electron chi connectivity index (χ4n) is 8.44. The molecule has 0 radical (unpaired) electrons. The molecule has 12 rings (SSSR count). The molecule has 49 heavy (non-hydrogen) atoms. The zero-order valence-corrected chi connectivity index (χ0v) is 26.1. The fourth-order valence-corrected chi connectivity index (χ4v) is 8.44. The van der Waals surface area contributed by atoms with Gasteiger partial charge in [0.1, 0.15) is 5.58 Å². The fraction of sp³-hybridized carbons (Fsp3) is 0.